The molecule has 0 unspecified atom stereocenters. The Morgan fingerprint density at radius 3 is 2.31 bits per heavy atom. The molecule has 2 nitrogen and oxygen atoms in total. The maximum absolute atomic E-state index is 5.51. The Morgan fingerprint density at radius 1 is 0.938 bits per heavy atom. The third-order valence-corrected chi connectivity index (χ3v) is 2.42. The molecule has 0 aromatic heterocycles. The number of ether oxygens (including phenoxy) is 1. The van der Waals surface area contributed by atoms with Crippen LogP contribution in [0.1, 0.15) is 0 Å². The highest BCUT2D eigenvalue weighted by atomic mass is 32.1. The third kappa shape index (κ3) is 3.21. The van der Waals surface area contributed by atoms with Crippen molar-refractivity contribution >= 4 is 18.3 Å². The molecule has 0 bridgehead atoms. The van der Waals surface area contributed by atoms with Gasteiger partial charge in [-0.05, 0) is 36.4 Å². The van der Waals surface area contributed by atoms with Gasteiger partial charge in [0.1, 0.15) is 5.75 Å². The summed E-state index contributed by atoms with van der Waals surface area (Å²) in [6.07, 6.45) is 0. The van der Waals surface area contributed by atoms with Gasteiger partial charge in [-0.2, -0.15) is 0 Å². The monoisotopic (exact) mass is 231 g/mol. The van der Waals surface area contributed by atoms with Crippen LogP contribution in [-0.4, -0.2) is 6.73 Å². The first-order valence-electron chi connectivity index (χ1n) is 5.05. The fraction of sp³-hybridized carbons (Fsp3) is 0.0769. The standard InChI is InChI=1S/C13H13NOS/c16-13-8-6-11(7-9-13)14-10-15-12-4-2-1-3-5-12/h1-9,14,16H,10H2. The molecule has 2 aromatic rings. The van der Waals surface area contributed by atoms with Crippen LogP contribution in [0.5, 0.6) is 5.75 Å². The number of hydrogen-bond donors (Lipinski definition) is 2. The SMILES string of the molecule is Sc1ccc(NCOc2ccccc2)cc1. The molecule has 2 aromatic carbocycles. The summed E-state index contributed by atoms with van der Waals surface area (Å²) in [5, 5.41) is 3.16. The van der Waals surface area contributed by atoms with E-state index in [1.165, 1.54) is 0 Å². The molecular weight excluding hydrogens is 218 g/mol. The quantitative estimate of drug-likeness (QED) is 0.621. The van der Waals surface area contributed by atoms with Gasteiger partial charge in [-0.3, -0.25) is 0 Å². The number of rotatable bonds is 4. The van der Waals surface area contributed by atoms with E-state index in [0.29, 0.717) is 6.73 Å². The minimum Gasteiger partial charge on any atom is -0.473 e. The lowest BCUT2D eigenvalue weighted by atomic mass is 10.3. The second-order valence-electron chi connectivity index (χ2n) is 3.33. The van der Waals surface area contributed by atoms with Crippen molar-refractivity contribution in [2.75, 3.05) is 12.0 Å². The molecule has 16 heavy (non-hydrogen) atoms. The average molecular weight is 231 g/mol. The molecule has 0 spiro atoms. The van der Waals surface area contributed by atoms with E-state index in [2.05, 4.69) is 17.9 Å². The predicted octanol–water partition coefficient (Wildman–Crippen LogP) is 3.42. The largest absolute Gasteiger partial charge is 0.473 e. The zero-order chi connectivity index (χ0) is 11.2. The summed E-state index contributed by atoms with van der Waals surface area (Å²) in [5.74, 6) is 0.862. The maximum Gasteiger partial charge on any atom is 0.159 e. The van der Waals surface area contributed by atoms with E-state index in [1.807, 2.05) is 54.6 Å². The second-order valence-corrected chi connectivity index (χ2v) is 3.84. The minimum absolute atomic E-state index is 0.454. The third-order valence-electron chi connectivity index (χ3n) is 2.13. The molecule has 0 fully saturated rings. The number of anilines is 1. The minimum atomic E-state index is 0.454. The van der Waals surface area contributed by atoms with Gasteiger partial charge < -0.3 is 10.1 Å². The lowest BCUT2D eigenvalue weighted by molar-refractivity contribution is 0.347. The van der Waals surface area contributed by atoms with Gasteiger partial charge in [0.15, 0.2) is 6.73 Å². The number of hydrogen-bond acceptors (Lipinski definition) is 3. The number of nitrogens with one attached hydrogen (secondary N) is 1. The average Bonchev–Trinajstić information content (AvgIpc) is 2.33. The van der Waals surface area contributed by atoms with Crippen LogP contribution in [0.25, 0.3) is 0 Å². The fourth-order valence-corrected chi connectivity index (χ4v) is 1.45. The molecule has 3 heteroatoms. The van der Waals surface area contributed by atoms with Crippen LogP contribution in [0, 0.1) is 0 Å². The summed E-state index contributed by atoms with van der Waals surface area (Å²) in [5.41, 5.74) is 1.02. The van der Waals surface area contributed by atoms with Crippen LogP contribution >= 0.6 is 12.6 Å². The first-order chi connectivity index (χ1) is 7.84. The van der Waals surface area contributed by atoms with Crippen molar-refractivity contribution in [3.63, 3.8) is 0 Å². The van der Waals surface area contributed by atoms with Gasteiger partial charge in [0, 0.05) is 10.6 Å². The Balaban J connectivity index is 1.82. The van der Waals surface area contributed by atoms with E-state index in [0.717, 1.165) is 16.3 Å². The van der Waals surface area contributed by atoms with Crippen LogP contribution in [-0.2, 0) is 0 Å². The molecular formula is C13H13NOS. The molecule has 0 aliphatic rings. The highest BCUT2D eigenvalue weighted by Crippen LogP contribution is 2.12. The Labute approximate surface area is 101 Å². The van der Waals surface area contributed by atoms with Crippen LogP contribution in [0.15, 0.2) is 59.5 Å². The Morgan fingerprint density at radius 2 is 1.62 bits per heavy atom. The fourth-order valence-electron chi connectivity index (χ4n) is 1.30. The number of thiol groups is 1. The van der Waals surface area contributed by atoms with E-state index in [-0.39, 0.29) is 0 Å². The van der Waals surface area contributed by atoms with Crippen molar-refractivity contribution in [1.29, 1.82) is 0 Å². The molecule has 0 aliphatic heterocycles. The molecule has 0 aliphatic carbocycles. The van der Waals surface area contributed by atoms with E-state index < -0.39 is 0 Å². The van der Waals surface area contributed by atoms with Gasteiger partial charge in [-0.1, -0.05) is 18.2 Å². The van der Waals surface area contributed by atoms with Crippen LogP contribution in [0.4, 0.5) is 5.69 Å². The van der Waals surface area contributed by atoms with Crippen molar-refractivity contribution in [2.24, 2.45) is 0 Å². The topological polar surface area (TPSA) is 21.3 Å². The lowest BCUT2D eigenvalue weighted by Crippen LogP contribution is -2.08. The highest BCUT2D eigenvalue weighted by molar-refractivity contribution is 7.80. The highest BCUT2D eigenvalue weighted by Gasteiger charge is 1.92. The van der Waals surface area contributed by atoms with Crippen molar-refractivity contribution in [3.8, 4) is 5.75 Å². The molecule has 0 saturated heterocycles. The molecule has 82 valence electrons. The smallest absolute Gasteiger partial charge is 0.159 e. The molecule has 0 amide bonds. The zero-order valence-corrected chi connectivity index (χ0v) is 9.65. The van der Waals surface area contributed by atoms with Crippen LogP contribution in [0.2, 0.25) is 0 Å². The van der Waals surface area contributed by atoms with Gasteiger partial charge >= 0.3 is 0 Å². The van der Waals surface area contributed by atoms with Crippen molar-refractivity contribution in [2.45, 2.75) is 4.90 Å². The predicted molar refractivity (Wildman–Crippen MR) is 69.3 cm³/mol. The van der Waals surface area contributed by atoms with E-state index in [4.69, 9.17) is 4.74 Å². The molecule has 0 radical (unpaired) electrons. The van der Waals surface area contributed by atoms with Crippen molar-refractivity contribution in [1.82, 2.24) is 0 Å². The summed E-state index contributed by atoms with van der Waals surface area (Å²) in [7, 11) is 0. The first-order valence-corrected chi connectivity index (χ1v) is 5.50. The summed E-state index contributed by atoms with van der Waals surface area (Å²) < 4.78 is 5.51. The second kappa shape index (κ2) is 5.47. The lowest BCUT2D eigenvalue weighted by Gasteiger charge is -2.08. The molecule has 0 heterocycles. The van der Waals surface area contributed by atoms with Gasteiger partial charge in [0.25, 0.3) is 0 Å². The van der Waals surface area contributed by atoms with Gasteiger partial charge in [-0.15, -0.1) is 12.6 Å². The molecule has 1 N–H and O–H groups in total. The van der Waals surface area contributed by atoms with Crippen LogP contribution < -0.4 is 10.1 Å². The van der Waals surface area contributed by atoms with E-state index >= 15 is 0 Å². The normalized spacial score (nSPS) is 9.81. The summed E-state index contributed by atoms with van der Waals surface area (Å²) in [6, 6.07) is 17.5. The van der Waals surface area contributed by atoms with Crippen LogP contribution in [0.3, 0.4) is 0 Å². The summed E-state index contributed by atoms with van der Waals surface area (Å²) in [6.45, 7) is 0.454. The summed E-state index contributed by atoms with van der Waals surface area (Å²) in [4.78, 5) is 0.953. The van der Waals surface area contributed by atoms with E-state index in [9.17, 15) is 0 Å². The number of benzene rings is 2. The number of para-hydroxylation sites is 1. The zero-order valence-electron chi connectivity index (χ0n) is 8.76. The van der Waals surface area contributed by atoms with Gasteiger partial charge in [-0.25, -0.2) is 0 Å². The van der Waals surface area contributed by atoms with E-state index in [1.54, 1.807) is 0 Å². The Bertz CT molecular complexity index is 427. The maximum atomic E-state index is 5.51. The summed E-state index contributed by atoms with van der Waals surface area (Å²) >= 11 is 4.22. The Hall–Kier alpha value is -1.61. The van der Waals surface area contributed by atoms with Crippen molar-refractivity contribution in [3.05, 3.63) is 54.6 Å². The molecule has 2 rings (SSSR count). The van der Waals surface area contributed by atoms with Gasteiger partial charge in [0.2, 0.25) is 0 Å². The van der Waals surface area contributed by atoms with Gasteiger partial charge in [0.05, 0.1) is 0 Å². The Kier molecular flexibility index (Phi) is 3.72. The van der Waals surface area contributed by atoms with Crippen molar-refractivity contribution < 1.29 is 4.74 Å². The molecule has 0 saturated carbocycles. The molecule has 0 atom stereocenters. The first kappa shape index (κ1) is 10.9.